The molecule has 0 amide bonds. The second kappa shape index (κ2) is 4.61. The van der Waals surface area contributed by atoms with Crippen molar-refractivity contribution >= 4 is 16.5 Å². The molecule has 5 nitrogen and oxygen atoms in total. The van der Waals surface area contributed by atoms with Gasteiger partial charge in [0, 0.05) is 29.7 Å². The van der Waals surface area contributed by atoms with E-state index in [1.165, 1.54) is 0 Å². The molecule has 0 aliphatic rings. The molecule has 3 rings (SSSR count). The Hall–Kier alpha value is -2.56. The van der Waals surface area contributed by atoms with Crippen molar-refractivity contribution < 1.29 is 4.74 Å². The molecule has 2 N–H and O–H groups in total. The lowest BCUT2D eigenvalue weighted by Crippen LogP contribution is -1.94. The van der Waals surface area contributed by atoms with Crippen LogP contribution in [0.15, 0.2) is 43.0 Å². The molecule has 0 atom stereocenters. The first-order chi connectivity index (χ1) is 9.28. The van der Waals surface area contributed by atoms with Gasteiger partial charge in [-0.3, -0.25) is 9.67 Å². The van der Waals surface area contributed by atoms with Gasteiger partial charge in [0.1, 0.15) is 0 Å². The Morgan fingerprint density at radius 1 is 1.26 bits per heavy atom. The summed E-state index contributed by atoms with van der Waals surface area (Å²) in [6, 6.07) is 5.67. The second-order valence-corrected chi connectivity index (χ2v) is 4.21. The van der Waals surface area contributed by atoms with Crippen molar-refractivity contribution in [3.05, 3.63) is 43.0 Å². The number of pyridine rings is 1. The van der Waals surface area contributed by atoms with Crippen LogP contribution in [0.5, 0.6) is 11.5 Å². The van der Waals surface area contributed by atoms with Crippen LogP contribution in [0.2, 0.25) is 0 Å². The quantitative estimate of drug-likeness (QED) is 0.730. The minimum absolute atomic E-state index is 0.615. The van der Waals surface area contributed by atoms with Crippen molar-refractivity contribution in [3.63, 3.8) is 0 Å². The monoisotopic (exact) mass is 254 g/mol. The topological polar surface area (TPSA) is 66.0 Å². The summed E-state index contributed by atoms with van der Waals surface area (Å²) < 4.78 is 7.57. The fourth-order valence-electron chi connectivity index (χ4n) is 1.96. The number of fused-ring (bicyclic) bond motifs is 1. The number of anilines is 1. The fraction of sp³-hybridized carbons (Fsp3) is 0.143. The summed E-state index contributed by atoms with van der Waals surface area (Å²) in [5.74, 6) is 1.32. The number of nitrogens with zero attached hydrogens (tertiary/aromatic N) is 3. The number of benzene rings is 1. The van der Waals surface area contributed by atoms with Crippen LogP contribution in [-0.4, -0.2) is 14.8 Å². The molecule has 0 fully saturated rings. The van der Waals surface area contributed by atoms with E-state index in [0.717, 1.165) is 17.3 Å². The number of hydrogen-bond donors (Lipinski definition) is 1. The maximum absolute atomic E-state index is 6.13. The molecule has 2 aromatic heterocycles. The highest BCUT2D eigenvalue weighted by Crippen LogP contribution is 2.33. The van der Waals surface area contributed by atoms with E-state index in [-0.39, 0.29) is 0 Å². The maximum atomic E-state index is 6.13. The third-order valence-electron chi connectivity index (χ3n) is 2.98. The van der Waals surface area contributed by atoms with Crippen LogP contribution in [0.3, 0.4) is 0 Å². The molecule has 3 aromatic rings. The average Bonchev–Trinajstić information content (AvgIpc) is 2.90. The number of ether oxygens (including phenoxy) is 1. The van der Waals surface area contributed by atoms with Gasteiger partial charge in [0.25, 0.3) is 0 Å². The van der Waals surface area contributed by atoms with Gasteiger partial charge < -0.3 is 10.5 Å². The van der Waals surface area contributed by atoms with Crippen molar-refractivity contribution in [2.45, 2.75) is 13.5 Å². The Bertz CT molecular complexity index is 720. The molecule has 0 saturated carbocycles. The molecule has 0 bridgehead atoms. The summed E-state index contributed by atoms with van der Waals surface area (Å²) >= 11 is 0. The molecule has 1 aromatic carbocycles. The summed E-state index contributed by atoms with van der Waals surface area (Å²) in [7, 11) is 0. The minimum Gasteiger partial charge on any atom is -0.452 e. The third-order valence-corrected chi connectivity index (χ3v) is 2.98. The number of aryl methyl sites for hydroxylation is 1. The van der Waals surface area contributed by atoms with Crippen molar-refractivity contribution in [2.24, 2.45) is 0 Å². The van der Waals surface area contributed by atoms with Gasteiger partial charge in [0.2, 0.25) is 0 Å². The summed E-state index contributed by atoms with van der Waals surface area (Å²) in [6.45, 7) is 2.83. The van der Waals surface area contributed by atoms with Gasteiger partial charge in [-0.2, -0.15) is 5.10 Å². The van der Waals surface area contributed by atoms with E-state index in [1.807, 2.05) is 31.3 Å². The van der Waals surface area contributed by atoms with Crippen LogP contribution >= 0.6 is 0 Å². The second-order valence-electron chi connectivity index (χ2n) is 4.21. The van der Waals surface area contributed by atoms with Crippen molar-refractivity contribution in [1.29, 1.82) is 0 Å². The molecule has 0 radical (unpaired) electrons. The van der Waals surface area contributed by atoms with Crippen LogP contribution in [0.25, 0.3) is 10.8 Å². The molecular formula is C14H14N4O. The van der Waals surface area contributed by atoms with Crippen molar-refractivity contribution in [1.82, 2.24) is 14.8 Å². The van der Waals surface area contributed by atoms with Gasteiger partial charge in [-0.25, -0.2) is 0 Å². The summed E-state index contributed by atoms with van der Waals surface area (Å²) in [4.78, 5) is 4.07. The first-order valence-electron chi connectivity index (χ1n) is 6.10. The first-order valence-corrected chi connectivity index (χ1v) is 6.10. The van der Waals surface area contributed by atoms with E-state index < -0.39 is 0 Å². The zero-order chi connectivity index (χ0) is 13.2. The molecule has 96 valence electrons. The zero-order valence-electron chi connectivity index (χ0n) is 10.6. The Morgan fingerprint density at radius 3 is 2.95 bits per heavy atom. The fourth-order valence-corrected chi connectivity index (χ4v) is 1.96. The number of nitrogen functional groups attached to an aromatic ring is 1. The van der Waals surface area contributed by atoms with E-state index in [2.05, 4.69) is 10.1 Å². The van der Waals surface area contributed by atoms with Crippen LogP contribution in [0.4, 0.5) is 5.69 Å². The third kappa shape index (κ3) is 2.10. The highest BCUT2D eigenvalue weighted by atomic mass is 16.5. The molecule has 0 spiro atoms. The maximum Gasteiger partial charge on any atom is 0.165 e. The van der Waals surface area contributed by atoms with Crippen molar-refractivity contribution in [2.75, 3.05) is 5.73 Å². The Morgan fingerprint density at radius 2 is 2.16 bits per heavy atom. The number of nitrogens with two attached hydrogens (primary N) is 1. The van der Waals surface area contributed by atoms with Crippen LogP contribution in [0, 0.1) is 0 Å². The predicted molar refractivity (Wildman–Crippen MR) is 74.1 cm³/mol. The smallest absolute Gasteiger partial charge is 0.165 e. The molecule has 0 aliphatic carbocycles. The molecule has 0 unspecified atom stereocenters. The standard InChI is InChI=1S/C14H14N4O/c1-2-18-9-11(8-17-18)19-13-4-3-10-7-16-6-5-12(10)14(13)15/h3-9H,2,15H2,1H3. The number of hydrogen-bond acceptors (Lipinski definition) is 4. The van der Waals surface area contributed by atoms with E-state index in [4.69, 9.17) is 10.5 Å². The molecule has 19 heavy (non-hydrogen) atoms. The predicted octanol–water partition coefficient (Wildman–Crippen LogP) is 2.83. The lowest BCUT2D eigenvalue weighted by molar-refractivity contribution is 0.484. The van der Waals surface area contributed by atoms with E-state index in [1.54, 1.807) is 23.3 Å². The molecule has 0 saturated heterocycles. The van der Waals surface area contributed by atoms with Crippen LogP contribution < -0.4 is 10.5 Å². The number of aromatic nitrogens is 3. The lowest BCUT2D eigenvalue weighted by Gasteiger charge is -2.08. The largest absolute Gasteiger partial charge is 0.452 e. The van der Waals surface area contributed by atoms with E-state index in [0.29, 0.717) is 17.2 Å². The highest BCUT2D eigenvalue weighted by Gasteiger charge is 2.07. The van der Waals surface area contributed by atoms with Gasteiger partial charge in [-0.05, 0) is 25.1 Å². The molecule has 2 heterocycles. The van der Waals surface area contributed by atoms with Gasteiger partial charge in [0.15, 0.2) is 11.5 Å². The number of rotatable bonds is 3. The van der Waals surface area contributed by atoms with Gasteiger partial charge in [-0.15, -0.1) is 0 Å². The normalized spacial score (nSPS) is 10.8. The van der Waals surface area contributed by atoms with Crippen LogP contribution in [0.1, 0.15) is 6.92 Å². The SMILES string of the molecule is CCn1cc(Oc2ccc3cnccc3c2N)cn1. The Kier molecular flexibility index (Phi) is 2.79. The van der Waals surface area contributed by atoms with Crippen LogP contribution in [-0.2, 0) is 6.54 Å². The van der Waals surface area contributed by atoms with Gasteiger partial charge >= 0.3 is 0 Å². The molecular weight excluding hydrogens is 240 g/mol. The zero-order valence-corrected chi connectivity index (χ0v) is 10.6. The van der Waals surface area contributed by atoms with Crippen molar-refractivity contribution in [3.8, 4) is 11.5 Å². The van der Waals surface area contributed by atoms with Gasteiger partial charge in [-0.1, -0.05) is 0 Å². The summed E-state index contributed by atoms with van der Waals surface area (Å²) in [6.07, 6.45) is 7.03. The Labute approximate surface area is 110 Å². The van der Waals surface area contributed by atoms with E-state index >= 15 is 0 Å². The van der Waals surface area contributed by atoms with Gasteiger partial charge in [0.05, 0.1) is 18.1 Å². The Balaban J connectivity index is 1.98. The average molecular weight is 254 g/mol. The van der Waals surface area contributed by atoms with E-state index in [9.17, 15) is 0 Å². The lowest BCUT2D eigenvalue weighted by atomic mass is 10.1. The first kappa shape index (κ1) is 11.5. The summed E-state index contributed by atoms with van der Waals surface area (Å²) in [5.41, 5.74) is 6.74. The minimum atomic E-state index is 0.615. The molecule has 5 heteroatoms. The summed E-state index contributed by atoms with van der Waals surface area (Å²) in [5, 5.41) is 6.10. The molecule has 0 aliphatic heterocycles. The highest BCUT2D eigenvalue weighted by molar-refractivity contribution is 5.95.